The number of hydrogen-bond donors (Lipinski definition) is 1. The Hall–Kier alpha value is -1.84. The molecule has 0 saturated heterocycles. The summed E-state index contributed by atoms with van der Waals surface area (Å²) in [4.78, 5) is 12.0. The quantitative estimate of drug-likeness (QED) is 0.821. The number of carbonyl (C=O) groups is 1. The summed E-state index contributed by atoms with van der Waals surface area (Å²) in [5.74, 6) is -0.695. The Morgan fingerprint density at radius 3 is 2.78 bits per heavy atom. The molecule has 0 unspecified atom stereocenters. The molecule has 1 atom stereocenters. The van der Waals surface area contributed by atoms with Gasteiger partial charge in [0.1, 0.15) is 11.2 Å². The Morgan fingerprint density at radius 2 is 2.22 bits per heavy atom. The zero-order chi connectivity index (χ0) is 13.3. The van der Waals surface area contributed by atoms with E-state index in [1.165, 1.54) is 19.3 Å². The molecule has 1 N–H and O–H groups in total. The standard InChI is InChI=1S/C14H15FO3/c1-9-11(4-3-5-12(9)15)14(13(17)18-2)7-6-10(16)8-14/h3-5,8,16H,6-7H2,1-2H3/t14-/m1/s1. The molecule has 0 amide bonds. The largest absolute Gasteiger partial charge is 0.513 e. The number of methoxy groups -OCH3 is 1. The van der Waals surface area contributed by atoms with Crippen LogP contribution in [-0.2, 0) is 14.9 Å². The number of ether oxygens (including phenoxy) is 1. The van der Waals surface area contributed by atoms with Crippen LogP contribution in [0.2, 0.25) is 0 Å². The topological polar surface area (TPSA) is 46.5 Å². The number of benzene rings is 1. The number of aliphatic hydroxyl groups is 1. The number of halogens is 1. The maximum Gasteiger partial charge on any atom is 0.320 e. The maximum absolute atomic E-state index is 13.6. The van der Waals surface area contributed by atoms with Crippen molar-refractivity contribution >= 4 is 5.97 Å². The van der Waals surface area contributed by atoms with Crippen molar-refractivity contribution in [2.75, 3.05) is 7.11 Å². The van der Waals surface area contributed by atoms with E-state index in [2.05, 4.69) is 0 Å². The molecule has 18 heavy (non-hydrogen) atoms. The normalized spacial score (nSPS) is 22.7. The Labute approximate surface area is 105 Å². The van der Waals surface area contributed by atoms with Crippen molar-refractivity contribution in [2.24, 2.45) is 0 Å². The van der Waals surface area contributed by atoms with Gasteiger partial charge in [0.15, 0.2) is 0 Å². The number of carbonyl (C=O) groups excluding carboxylic acids is 1. The molecule has 1 aromatic carbocycles. The molecule has 1 aliphatic carbocycles. The molecule has 0 radical (unpaired) electrons. The van der Waals surface area contributed by atoms with Gasteiger partial charge in [0.05, 0.1) is 12.9 Å². The van der Waals surface area contributed by atoms with Crippen LogP contribution in [-0.4, -0.2) is 18.2 Å². The van der Waals surface area contributed by atoms with Gasteiger partial charge in [-0.05, 0) is 36.6 Å². The molecular weight excluding hydrogens is 235 g/mol. The van der Waals surface area contributed by atoms with Crippen LogP contribution in [0.15, 0.2) is 30.0 Å². The molecule has 0 spiro atoms. The van der Waals surface area contributed by atoms with E-state index in [1.54, 1.807) is 19.1 Å². The van der Waals surface area contributed by atoms with Gasteiger partial charge in [-0.15, -0.1) is 0 Å². The summed E-state index contributed by atoms with van der Waals surface area (Å²) in [6.07, 6.45) is 2.27. The summed E-state index contributed by atoms with van der Waals surface area (Å²) in [7, 11) is 1.29. The zero-order valence-corrected chi connectivity index (χ0v) is 10.4. The van der Waals surface area contributed by atoms with Gasteiger partial charge in [0, 0.05) is 6.42 Å². The second-order valence-electron chi connectivity index (χ2n) is 4.51. The van der Waals surface area contributed by atoms with Crippen LogP contribution < -0.4 is 0 Å². The fourth-order valence-corrected chi connectivity index (χ4v) is 2.51. The molecule has 1 aliphatic rings. The van der Waals surface area contributed by atoms with Gasteiger partial charge in [-0.2, -0.15) is 0 Å². The van der Waals surface area contributed by atoms with Crippen molar-refractivity contribution in [3.8, 4) is 0 Å². The van der Waals surface area contributed by atoms with Crippen molar-refractivity contribution in [3.05, 3.63) is 47.0 Å². The van der Waals surface area contributed by atoms with E-state index in [9.17, 15) is 14.3 Å². The van der Waals surface area contributed by atoms with Crippen LogP contribution in [0, 0.1) is 12.7 Å². The molecule has 0 fully saturated rings. The molecule has 0 saturated carbocycles. The molecule has 4 heteroatoms. The highest BCUT2D eigenvalue weighted by Crippen LogP contribution is 2.41. The van der Waals surface area contributed by atoms with E-state index >= 15 is 0 Å². The van der Waals surface area contributed by atoms with Crippen LogP contribution in [0.5, 0.6) is 0 Å². The SMILES string of the molecule is COC(=O)[C@@]1(c2cccc(F)c2C)C=C(O)CC1. The predicted molar refractivity (Wildman–Crippen MR) is 64.8 cm³/mol. The van der Waals surface area contributed by atoms with Crippen molar-refractivity contribution in [1.29, 1.82) is 0 Å². The van der Waals surface area contributed by atoms with Crippen molar-refractivity contribution in [1.82, 2.24) is 0 Å². The summed E-state index contributed by atoms with van der Waals surface area (Å²) < 4.78 is 18.4. The minimum atomic E-state index is -1.06. The third kappa shape index (κ3) is 1.78. The number of allylic oxidation sites excluding steroid dienone is 1. The zero-order valence-electron chi connectivity index (χ0n) is 10.4. The van der Waals surface area contributed by atoms with Crippen LogP contribution in [0.25, 0.3) is 0 Å². The lowest BCUT2D eigenvalue weighted by atomic mass is 9.78. The number of esters is 1. The second-order valence-corrected chi connectivity index (χ2v) is 4.51. The average molecular weight is 250 g/mol. The number of hydrogen-bond acceptors (Lipinski definition) is 3. The molecule has 3 nitrogen and oxygen atoms in total. The molecule has 0 bridgehead atoms. The fraction of sp³-hybridized carbons (Fsp3) is 0.357. The number of aliphatic hydroxyl groups excluding tert-OH is 1. The third-order valence-electron chi connectivity index (χ3n) is 3.49. The fourth-order valence-electron chi connectivity index (χ4n) is 2.51. The van der Waals surface area contributed by atoms with Gasteiger partial charge < -0.3 is 9.84 Å². The molecule has 0 aliphatic heterocycles. The van der Waals surface area contributed by atoms with Gasteiger partial charge in [0.2, 0.25) is 0 Å². The Morgan fingerprint density at radius 1 is 1.50 bits per heavy atom. The van der Waals surface area contributed by atoms with E-state index in [4.69, 9.17) is 4.74 Å². The highest BCUT2D eigenvalue weighted by molar-refractivity contribution is 5.87. The van der Waals surface area contributed by atoms with Gasteiger partial charge in [-0.25, -0.2) is 4.39 Å². The Bertz CT molecular complexity index is 522. The lowest BCUT2D eigenvalue weighted by molar-refractivity contribution is -0.145. The van der Waals surface area contributed by atoms with Gasteiger partial charge >= 0.3 is 5.97 Å². The van der Waals surface area contributed by atoms with Crippen molar-refractivity contribution in [3.63, 3.8) is 0 Å². The summed E-state index contributed by atoms with van der Waals surface area (Å²) in [6.45, 7) is 1.62. The molecule has 0 heterocycles. The highest BCUT2D eigenvalue weighted by Gasteiger charge is 2.44. The molecule has 96 valence electrons. The van der Waals surface area contributed by atoms with E-state index < -0.39 is 11.4 Å². The molecular formula is C14H15FO3. The van der Waals surface area contributed by atoms with Crippen molar-refractivity contribution < 1.29 is 19.0 Å². The van der Waals surface area contributed by atoms with Gasteiger partial charge in [0.25, 0.3) is 0 Å². The van der Waals surface area contributed by atoms with E-state index in [0.29, 0.717) is 24.0 Å². The monoisotopic (exact) mass is 250 g/mol. The van der Waals surface area contributed by atoms with Gasteiger partial charge in [-0.3, -0.25) is 4.79 Å². The Kier molecular flexibility index (Phi) is 3.11. The van der Waals surface area contributed by atoms with Crippen LogP contribution in [0.3, 0.4) is 0 Å². The maximum atomic E-state index is 13.6. The summed E-state index contributed by atoms with van der Waals surface area (Å²) >= 11 is 0. The summed E-state index contributed by atoms with van der Waals surface area (Å²) in [5, 5.41) is 9.59. The average Bonchev–Trinajstić information content (AvgIpc) is 2.75. The lowest BCUT2D eigenvalue weighted by Crippen LogP contribution is -2.34. The van der Waals surface area contributed by atoms with E-state index in [1.807, 2.05) is 0 Å². The summed E-state index contributed by atoms with van der Waals surface area (Å²) in [6, 6.07) is 4.61. The first kappa shape index (κ1) is 12.6. The molecule has 2 rings (SSSR count). The number of rotatable bonds is 2. The lowest BCUT2D eigenvalue weighted by Gasteiger charge is -2.26. The van der Waals surface area contributed by atoms with Crippen LogP contribution in [0.4, 0.5) is 4.39 Å². The Balaban J connectivity index is 2.62. The van der Waals surface area contributed by atoms with E-state index in [0.717, 1.165) is 0 Å². The predicted octanol–water partition coefficient (Wildman–Crippen LogP) is 2.78. The first-order valence-corrected chi connectivity index (χ1v) is 5.76. The third-order valence-corrected chi connectivity index (χ3v) is 3.49. The molecule has 0 aromatic heterocycles. The van der Waals surface area contributed by atoms with Crippen LogP contribution in [0.1, 0.15) is 24.0 Å². The summed E-state index contributed by atoms with van der Waals surface area (Å²) in [5.41, 5.74) is -0.0994. The van der Waals surface area contributed by atoms with Crippen LogP contribution >= 0.6 is 0 Å². The minimum absolute atomic E-state index is 0.143. The second kappa shape index (κ2) is 4.44. The van der Waals surface area contributed by atoms with Crippen molar-refractivity contribution in [2.45, 2.75) is 25.2 Å². The highest BCUT2D eigenvalue weighted by atomic mass is 19.1. The first-order chi connectivity index (χ1) is 8.51. The smallest absolute Gasteiger partial charge is 0.320 e. The first-order valence-electron chi connectivity index (χ1n) is 5.76. The van der Waals surface area contributed by atoms with E-state index in [-0.39, 0.29) is 11.6 Å². The van der Waals surface area contributed by atoms with Gasteiger partial charge in [-0.1, -0.05) is 12.1 Å². The molecule has 1 aromatic rings. The minimum Gasteiger partial charge on any atom is -0.513 e.